The lowest BCUT2D eigenvalue weighted by molar-refractivity contribution is 1.18. The molecule has 258 valence electrons. The molecule has 0 saturated heterocycles. The van der Waals surface area contributed by atoms with Crippen LogP contribution in [0.1, 0.15) is 0 Å². The van der Waals surface area contributed by atoms with E-state index in [0.29, 0.717) is 0 Å². The summed E-state index contributed by atoms with van der Waals surface area (Å²) >= 11 is 1.78. The Kier molecular flexibility index (Phi) is 6.04. The van der Waals surface area contributed by atoms with Crippen molar-refractivity contribution in [3.63, 3.8) is 0 Å². The first-order valence-corrected chi connectivity index (χ1v) is 19.9. The summed E-state index contributed by atoms with van der Waals surface area (Å²) in [6.07, 6.45) is 0. The van der Waals surface area contributed by atoms with Gasteiger partial charge in [-0.15, -0.1) is 11.3 Å². The van der Waals surface area contributed by atoms with Gasteiger partial charge in [0.2, 0.25) is 0 Å². The van der Waals surface area contributed by atoms with Crippen LogP contribution in [0.25, 0.3) is 125 Å². The van der Waals surface area contributed by atoms with Crippen molar-refractivity contribution >= 4 is 85.8 Å². The van der Waals surface area contributed by atoms with Gasteiger partial charge in [0, 0.05) is 37.7 Å². The highest BCUT2D eigenvalue weighted by atomic mass is 32.1. The van der Waals surface area contributed by atoms with E-state index in [9.17, 15) is 0 Å². The third kappa shape index (κ3) is 4.06. The van der Waals surface area contributed by atoms with Crippen molar-refractivity contribution in [2.75, 3.05) is 0 Å². The largest absolute Gasteiger partial charge is 0.309 e. The van der Waals surface area contributed by atoms with Crippen molar-refractivity contribution in [1.29, 1.82) is 0 Å². The summed E-state index contributed by atoms with van der Waals surface area (Å²) in [6, 6.07) is 64.0. The number of aromatic nitrogens is 3. The van der Waals surface area contributed by atoms with Crippen LogP contribution in [-0.4, -0.2) is 14.5 Å². The van der Waals surface area contributed by atoms with Gasteiger partial charge in [-0.2, -0.15) is 0 Å². The van der Waals surface area contributed by atoms with Gasteiger partial charge < -0.3 is 4.57 Å². The maximum Gasteiger partial charge on any atom is 0.160 e. The smallest absolute Gasteiger partial charge is 0.160 e. The van der Waals surface area contributed by atoms with Crippen LogP contribution in [-0.2, 0) is 0 Å². The number of rotatable bonds is 3. The first-order chi connectivity index (χ1) is 27.8. The Morgan fingerprint density at radius 3 is 1.68 bits per heavy atom. The summed E-state index contributed by atoms with van der Waals surface area (Å²) in [4.78, 5) is 10.8. The predicted molar refractivity (Wildman–Crippen MR) is 237 cm³/mol. The molecule has 9 aromatic carbocycles. The van der Waals surface area contributed by atoms with Gasteiger partial charge in [0.25, 0.3) is 0 Å². The van der Waals surface area contributed by atoms with Crippen molar-refractivity contribution < 1.29 is 0 Å². The van der Waals surface area contributed by atoms with E-state index in [1.807, 2.05) is 0 Å². The van der Waals surface area contributed by atoms with E-state index in [1.54, 1.807) is 11.3 Å². The van der Waals surface area contributed by atoms with Crippen molar-refractivity contribution in [2.24, 2.45) is 0 Å². The van der Waals surface area contributed by atoms with Crippen LogP contribution in [0.4, 0.5) is 0 Å². The highest BCUT2D eigenvalue weighted by Gasteiger charge is 2.25. The zero-order chi connectivity index (χ0) is 36.5. The molecule has 3 nitrogen and oxygen atoms in total. The van der Waals surface area contributed by atoms with Gasteiger partial charge in [-0.1, -0.05) is 133 Å². The second-order valence-corrected chi connectivity index (χ2v) is 15.9. The molecule has 3 aromatic heterocycles. The third-order valence-electron chi connectivity index (χ3n) is 12.0. The number of thiophene rings is 1. The van der Waals surface area contributed by atoms with Crippen molar-refractivity contribution in [2.45, 2.75) is 0 Å². The lowest BCUT2D eigenvalue weighted by atomic mass is 9.96. The van der Waals surface area contributed by atoms with Gasteiger partial charge in [-0.05, 0) is 97.0 Å². The molecular formula is C52H29N3S. The standard InChI is InChI=1S/C52H29N3S/c1-3-12-34-30(10-1)22-28-43-47(34)48-35-13-4-2-11-31(35)23-29-44(48)55(43)33-24-20-32(21-25-33)52-53-49(51-50(54-52)42-16-7-8-19-45(42)56-51)41-27-26-40-37-15-6-5-14-36(37)38-17-9-18-39(41)46(38)40/h1-29H. The Hall–Kier alpha value is -7.14. The van der Waals surface area contributed by atoms with E-state index < -0.39 is 0 Å². The summed E-state index contributed by atoms with van der Waals surface area (Å²) in [5.74, 6) is 0.730. The zero-order valence-corrected chi connectivity index (χ0v) is 30.8. The summed E-state index contributed by atoms with van der Waals surface area (Å²) in [6.45, 7) is 0. The summed E-state index contributed by atoms with van der Waals surface area (Å²) in [5.41, 5.74) is 12.8. The molecule has 0 fully saturated rings. The minimum atomic E-state index is 0.730. The average Bonchev–Trinajstić information content (AvgIpc) is 3.93. The molecule has 0 saturated carbocycles. The first-order valence-electron chi connectivity index (χ1n) is 19.1. The molecule has 0 aliphatic heterocycles. The molecule has 56 heavy (non-hydrogen) atoms. The second-order valence-electron chi connectivity index (χ2n) is 14.9. The topological polar surface area (TPSA) is 30.7 Å². The fourth-order valence-electron chi connectivity index (χ4n) is 9.50. The Morgan fingerprint density at radius 2 is 0.964 bits per heavy atom. The first kappa shape index (κ1) is 30.2. The lowest BCUT2D eigenvalue weighted by Gasteiger charge is -2.12. The zero-order valence-electron chi connectivity index (χ0n) is 30.0. The Labute approximate surface area is 325 Å². The normalized spacial score (nSPS) is 12.3. The van der Waals surface area contributed by atoms with Crippen LogP contribution in [0.5, 0.6) is 0 Å². The maximum atomic E-state index is 5.47. The molecule has 0 N–H and O–H groups in total. The Balaban J connectivity index is 1.03. The van der Waals surface area contributed by atoms with E-state index in [4.69, 9.17) is 9.97 Å². The molecule has 12 aromatic rings. The van der Waals surface area contributed by atoms with Gasteiger partial charge in [0.15, 0.2) is 5.82 Å². The van der Waals surface area contributed by atoms with Gasteiger partial charge >= 0.3 is 0 Å². The quantitative estimate of drug-likeness (QED) is 0.181. The van der Waals surface area contributed by atoms with E-state index in [1.165, 1.54) is 81.1 Å². The van der Waals surface area contributed by atoms with E-state index in [-0.39, 0.29) is 0 Å². The molecule has 0 spiro atoms. The van der Waals surface area contributed by atoms with Gasteiger partial charge in [0.05, 0.1) is 26.9 Å². The molecule has 0 atom stereocenters. The Morgan fingerprint density at radius 1 is 0.393 bits per heavy atom. The van der Waals surface area contributed by atoms with Crippen molar-refractivity contribution in [3.8, 4) is 50.6 Å². The van der Waals surface area contributed by atoms with Crippen LogP contribution in [0.15, 0.2) is 176 Å². The minimum Gasteiger partial charge on any atom is -0.309 e. The van der Waals surface area contributed by atoms with Gasteiger partial charge in [-0.3, -0.25) is 0 Å². The van der Waals surface area contributed by atoms with Gasteiger partial charge in [0.1, 0.15) is 0 Å². The van der Waals surface area contributed by atoms with Crippen molar-refractivity contribution in [1.82, 2.24) is 14.5 Å². The number of benzene rings is 9. The molecule has 4 heteroatoms. The van der Waals surface area contributed by atoms with Crippen LogP contribution in [0.2, 0.25) is 0 Å². The van der Waals surface area contributed by atoms with Gasteiger partial charge in [-0.25, -0.2) is 9.97 Å². The lowest BCUT2D eigenvalue weighted by Crippen LogP contribution is -1.96. The molecule has 13 rings (SSSR count). The molecule has 0 bridgehead atoms. The second kappa shape index (κ2) is 11.2. The fourth-order valence-corrected chi connectivity index (χ4v) is 10.6. The SMILES string of the molecule is c1ccc2c(c1)-c1cccc3c(-c4nc(-c5ccc(-n6c7ccc8ccccc8c7c7c8ccccc8ccc76)cc5)nc5c4sc4ccccc45)ccc-2c13. The molecule has 3 heterocycles. The highest BCUT2D eigenvalue weighted by Crippen LogP contribution is 2.50. The summed E-state index contributed by atoms with van der Waals surface area (Å²) in [7, 11) is 0. The molecule has 0 radical (unpaired) electrons. The molecule has 1 aliphatic carbocycles. The molecule has 0 amide bonds. The molecule has 0 unspecified atom stereocenters. The average molecular weight is 728 g/mol. The monoisotopic (exact) mass is 727 g/mol. The summed E-state index contributed by atoms with van der Waals surface area (Å²) < 4.78 is 4.75. The van der Waals surface area contributed by atoms with Crippen LogP contribution in [0.3, 0.4) is 0 Å². The number of fused-ring (bicyclic) bond motifs is 13. The molecule has 1 aliphatic rings. The minimum absolute atomic E-state index is 0.730. The fraction of sp³-hybridized carbons (Fsp3) is 0. The number of nitrogens with zero attached hydrogens (tertiary/aromatic N) is 3. The maximum absolute atomic E-state index is 5.47. The van der Waals surface area contributed by atoms with Crippen molar-refractivity contribution in [3.05, 3.63) is 176 Å². The summed E-state index contributed by atoms with van der Waals surface area (Å²) in [5, 5.41) is 11.3. The predicted octanol–water partition coefficient (Wildman–Crippen LogP) is 14.4. The van der Waals surface area contributed by atoms with E-state index >= 15 is 0 Å². The molecular weight excluding hydrogens is 699 g/mol. The van der Waals surface area contributed by atoms with Crippen LogP contribution in [0, 0.1) is 0 Å². The number of hydrogen-bond acceptors (Lipinski definition) is 3. The van der Waals surface area contributed by atoms with Crippen LogP contribution >= 0.6 is 11.3 Å². The van der Waals surface area contributed by atoms with E-state index in [0.717, 1.165) is 43.9 Å². The third-order valence-corrected chi connectivity index (χ3v) is 13.1. The Bertz CT molecular complexity index is 3520. The highest BCUT2D eigenvalue weighted by molar-refractivity contribution is 7.26. The van der Waals surface area contributed by atoms with E-state index in [2.05, 4.69) is 180 Å². The number of hydrogen-bond donors (Lipinski definition) is 0. The van der Waals surface area contributed by atoms with Crippen LogP contribution < -0.4 is 0 Å².